The largest absolute Gasteiger partial charge is 0.356 e. The van der Waals surface area contributed by atoms with Crippen molar-refractivity contribution >= 4 is 27.3 Å². The third-order valence-corrected chi connectivity index (χ3v) is 5.41. The number of hydrogen-bond donors (Lipinski definition) is 2. The van der Waals surface area contributed by atoms with Gasteiger partial charge >= 0.3 is 0 Å². The van der Waals surface area contributed by atoms with Crippen LogP contribution in [0.5, 0.6) is 0 Å². The average molecular weight is 406 g/mol. The van der Waals surface area contributed by atoms with Crippen molar-refractivity contribution < 1.29 is 17.7 Å². The van der Waals surface area contributed by atoms with Gasteiger partial charge in [0.2, 0.25) is 27.6 Å². The van der Waals surface area contributed by atoms with Crippen LogP contribution in [0.2, 0.25) is 0 Å². The Bertz CT molecular complexity index is 996. The van der Waals surface area contributed by atoms with Gasteiger partial charge < -0.3 is 9.84 Å². The molecule has 1 aromatic carbocycles. The first-order valence-corrected chi connectivity index (χ1v) is 10.6. The van der Waals surface area contributed by atoms with Crippen LogP contribution < -0.4 is 10.5 Å². The monoisotopic (exact) mass is 406 g/mol. The second-order valence-corrected chi connectivity index (χ2v) is 8.15. The number of rotatable bonds is 8. The summed E-state index contributed by atoms with van der Waals surface area (Å²) in [4.78, 5) is 16.3. The minimum atomic E-state index is -3.69. The van der Waals surface area contributed by atoms with Crippen LogP contribution >= 0.6 is 11.3 Å². The number of hydrogen-bond acceptors (Lipinski definition) is 7. The van der Waals surface area contributed by atoms with Gasteiger partial charge in [0.05, 0.1) is 4.90 Å². The lowest BCUT2D eigenvalue weighted by Crippen LogP contribution is -2.25. The Labute approximate surface area is 160 Å². The molecule has 10 heteroatoms. The number of benzene rings is 1. The summed E-state index contributed by atoms with van der Waals surface area (Å²) in [5, 5.41) is 15.6. The van der Waals surface area contributed by atoms with Crippen LogP contribution in [0.3, 0.4) is 0 Å². The van der Waals surface area contributed by atoms with Crippen molar-refractivity contribution in [3.63, 3.8) is 0 Å². The summed E-state index contributed by atoms with van der Waals surface area (Å²) in [7, 11) is -3.69. The van der Waals surface area contributed by atoms with E-state index in [1.807, 2.05) is 16.8 Å². The fraction of sp³-hybridized carbons (Fsp3) is 0.235. The van der Waals surface area contributed by atoms with E-state index in [1.54, 1.807) is 23.5 Å². The van der Waals surface area contributed by atoms with Crippen LogP contribution in [0.15, 0.2) is 50.5 Å². The molecule has 8 nitrogen and oxygen atoms in total. The Balaban J connectivity index is 1.41. The molecular formula is C17H18N4O4S2. The van der Waals surface area contributed by atoms with E-state index in [1.165, 1.54) is 12.1 Å². The number of aryl methyl sites for hydroxylation is 1. The summed E-state index contributed by atoms with van der Waals surface area (Å²) in [6.07, 6.45) is 1.20. The van der Waals surface area contributed by atoms with Gasteiger partial charge in [0.1, 0.15) is 0 Å². The van der Waals surface area contributed by atoms with E-state index in [0.717, 1.165) is 11.1 Å². The first kappa shape index (κ1) is 19.2. The number of primary sulfonamides is 1. The van der Waals surface area contributed by atoms with Crippen molar-refractivity contribution in [2.75, 3.05) is 6.54 Å². The number of nitrogens with zero attached hydrogens (tertiary/aromatic N) is 2. The standard InChI is InChI=1S/C17H18N4O4S2/c18-27(23,24)14-3-1-12(2-4-14)7-9-19-15(22)5-6-16-20-17(21-25-16)13-8-10-26-11-13/h1-4,8,10-11H,5-7,9H2,(H,19,22)(H2,18,23,24). The number of carbonyl (C=O) groups is 1. The fourth-order valence-corrected chi connectivity index (χ4v) is 3.52. The number of nitrogens with two attached hydrogens (primary N) is 1. The first-order valence-electron chi connectivity index (χ1n) is 8.15. The quantitative estimate of drug-likeness (QED) is 0.586. The Morgan fingerprint density at radius 1 is 1.19 bits per heavy atom. The summed E-state index contributed by atoms with van der Waals surface area (Å²) in [6.45, 7) is 0.442. The molecule has 27 heavy (non-hydrogen) atoms. The second-order valence-electron chi connectivity index (χ2n) is 5.81. The minimum absolute atomic E-state index is 0.0664. The lowest BCUT2D eigenvalue weighted by molar-refractivity contribution is -0.121. The van der Waals surface area contributed by atoms with E-state index >= 15 is 0 Å². The molecule has 1 amide bonds. The van der Waals surface area contributed by atoms with Crippen LogP contribution in [0, 0.1) is 0 Å². The SMILES string of the molecule is NS(=O)(=O)c1ccc(CCNC(=O)CCc2nc(-c3ccsc3)no2)cc1. The Morgan fingerprint density at radius 2 is 1.96 bits per heavy atom. The minimum Gasteiger partial charge on any atom is -0.356 e. The van der Waals surface area contributed by atoms with E-state index < -0.39 is 10.0 Å². The van der Waals surface area contributed by atoms with Gasteiger partial charge in [-0.3, -0.25) is 4.79 Å². The molecule has 2 aromatic heterocycles. The molecule has 3 N–H and O–H groups in total. The number of carbonyl (C=O) groups excluding carboxylic acids is 1. The van der Waals surface area contributed by atoms with Gasteiger partial charge in [-0.1, -0.05) is 17.3 Å². The molecule has 3 rings (SSSR count). The Hall–Kier alpha value is -2.56. The van der Waals surface area contributed by atoms with Gasteiger partial charge in [-0.15, -0.1) is 0 Å². The smallest absolute Gasteiger partial charge is 0.238 e. The molecule has 0 aliphatic heterocycles. The number of amides is 1. The summed E-state index contributed by atoms with van der Waals surface area (Å²) in [5.74, 6) is 0.825. The molecule has 0 bridgehead atoms. The molecule has 3 aromatic rings. The van der Waals surface area contributed by atoms with Crippen molar-refractivity contribution in [1.82, 2.24) is 15.5 Å². The van der Waals surface area contributed by atoms with Crippen LogP contribution in [0.4, 0.5) is 0 Å². The van der Waals surface area contributed by atoms with Crippen LogP contribution in [0.25, 0.3) is 11.4 Å². The highest BCUT2D eigenvalue weighted by molar-refractivity contribution is 7.89. The third kappa shape index (κ3) is 5.46. The number of sulfonamides is 1. The summed E-state index contributed by atoms with van der Waals surface area (Å²) in [5.41, 5.74) is 1.80. The molecule has 0 unspecified atom stereocenters. The van der Waals surface area contributed by atoms with Crippen molar-refractivity contribution in [3.8, 4) is 11.4 Å². The lowest BCUT2D eigenvalue weighted by atomic mass is 10.1. The van der Waals surface area contributed by atoms with Crippen molar-refractivity contribution in [2.24, 2.45) is 5.14 Å². The maximum atomic E-state index is 11.9. The highest BCUT2D eigenvalue weighted by Gasteiger charge is 2.11. The van der Waals surface area contributed by atoms with Crippen molar-refractivity contribution in [3.05, 3.63) is 52.5 Å². The zero-order chi connectivity index (χ0) is 19.3. The normalized spacial score (nSPS) is 11.4. The summed E-state index contributed by atoms with van der Waals surface area (Å²) in [6, 6.07) is 8.16. The average Bonchev–Trinajstić information content (AvgIpc) is 3.31. The lowest BCUT2D eigenvalue weighted by Gasteiger charge is -2.05. The van der Waals surface area contributed by atoms with Crippen molar-refractivity contribution in [2.45, 2.75) is 24.2 Å². The number of thiophene rings is 1. The second kappa shape index (κ2) is 8.42. The van der Waals surface area contributed by atoms with Gasteiger partial charge in [-0.25, -0.2) is 13.6 Å². The number of aromatic nitrogens is 2. The predicted molar refractivity (Wildman–Crippen MR) is 100 cm³/mol. The van der Waals surface area contributed by atoms with Crippen LogP contribution in [-0.4, -0.2) is 31.0 Å². The van der Waals surface area contributed by atoms with Gasteiger partial charge in [-0.05, 0) is 35.6 Å². The molecule has 0 saturated carbocycles. The van der Waals surface area contributed by atoms with Gasteiger partial charge in [0.25, 0.3) is 0 Å². The Morgan fingerprint density at radius 3 is 2.63 bits per heavy atom. The molecule has 142 valence electrons. The summed E-state index contributed by atoms with van der Waals surface area (Å²) >= 11 is 1.55. The zero-order valence-corrected chi connectivity index (χ0v) is 15.9. The molecule has 2 heterocycles. The molecular weight excluding hydrogens is 388 g/mol. The molecule has 0 spiro atoms. The van der Waals surface area contributed by atoms with Crippen LogP contribution in [-0.2, 0) is 27.7 Å². The van der Waals surface area contributed by atoms with E-state index in [-0.39, 0.29) is 17.2 Å². The van der Waals surface area contributed by atoms with E-state index in [2.05, 4.69) is 15.5 Å². The maximum Gasteiger partial charge on any atom is 0.238 e. The third-order valence-electron chi connectivity index (χ3n) is 3.80. The van der Waals surface area contributed by atoms with E-state index in [4.69, 9.17) is 9.66 Å². The molecule has 0 atom stereocenters. The highest BCUT2D eigenvalue weighted by atomic mass is 32.2. The Kier molecular flexibility index (Phi) is 5.99. The van der Waals surface area contributed by atoms with Gasteiger partial charge in [0.15, 0.2) is 0 Å². The van der Waals surface area contributed by atoms with Gasteiger partial charge in [0, 0.05) is 30.3 Å². The number of nitrogens with one attached hydrogen (secondary N) is 1. The molecule has 0 saturated heterocycles. The fourth-order valence-electron chi connectivity index (χ4n) is 2.37. The summed E-state index contributed by atoms with van der Waals surface area (Å²) < 4.78 is 27.6. The van der Waals surface area contributed by atoms with Gasteiger partial charge in [-0.2, -0.15) is 16.3 Å². The van der Waals surface area contributed by atoms with E-state index in [9.17, 15) is 13.2 Å². The molecule has 0 fully saturated rings. The molecule has 0 radical (unpaired) electrons. The zero-order valence-electron chi connectivity index (χ0n) is 14.3. The molecule has 0 aliphatic carbocycles. The topological polar surface area (TPSA) is 128 Å². The van der Waals surface area contributed by atoms with Crippen LogP contribution in [0.1, 0.15) is 17.9 Å². The van der Waals surface area contributed by atoms with Crippen molar-refractivity contribution in [1.29, 1.82) is 0 Å². The molecule has 0 aliphatic rings. The maximum absolute atomic E-state index is 11.9. The highest BCUT2D eigenvalue weighted by Crippen LogP contribution is 2.19. The predicted octanol–water partition coefficient (Wildman–Crippen LogP) is 1.74. The van der Waals surface area contributed by atoms with E-state index in [0.29, 0.717) is 31.1 Å². The first-order chi connectivity index (χ1) is 12.9.